The molecule has 24 heavy (non-hydrogen) atoms. The third kappa shape index (κ3) is 2.67. The summed E-state index contributed by atoms with van der Waals surface area (Å²) < 4.78 is 2.01. The van der Waals surface area contributed by atoms with Crippen molar-refractivity contribution in [3.63, 3.8) is 0 Å². The maximum Gasteiger partial charge on any atom is 0.0992 e. The van der Waals surface area contributed by atoms with Gasteiger partial charge in [0.05, 0.1) is 17.0 Å². The molecule has 4 rings (SSSR count). The Morgan fingerprint density at radius 3 is 2.58 bits per heavy atom. The summed E-state index contributed by atoms with van der Waals surface area (Å²) in [7, 11) is 2.21. The van der Waals surface area contributed by atoms with E-state index in [1.54, 1.807) is 6.20 Å². The van der Waals surface area contributed by atoms with Gasteiger partial charge in [0.25, 0.3) is 0 Å². The van der Waals surface area contributed by atoms with E-state index in [1.807, 2.05) is 17.1 Å². The molecule has 5 heteroatoms. The average molecular weight is 345 g/mol. The Morgan fingerprint density at radius 1 is 1.17 bits per heavy atom. The summed E-state index contributed by atoms with van der Waals surface area (Å²) in [6.45, 7) is 9.26. The fourth-order valence-electron chi connectivity index (χ4n) is 4.20. The lowest BCUT2D eigenvalue weighted by Gasteiger charge is -2.37. The van der Waals surface area contributed by atoms with Crippen molar-refractivity contribution in [1.82, 2.24) is 19.4 Å². The quantitative estimate of drug-likeness (QED) is 0.833. The summed E-state index contributed by atoms with van der Waals surface area (Å²) in [5.41, 5.74) is 4.04. The van der Waals surface area contributed by atoms with Gasteiger partial charge in [-0.05, 0) is 42.1 Å². The molecular weight excluding hydrogens is 320 g/mol. The van der Waals surface area contributed by atoms with E-state index in [1.165, 1.54) is 11.1 Å². The number of nitrogens with zero attached hydrogens (tertiary/aromatic N) is 4. The number of imidazole rings is 1. The predicted octanol–water partition coefficient (Wildman–Crippen LogP) is 3.50. The molecule has 1 saturated heterocycles. The molecule has 0 amide bonds. The second-order valence-corrected chi connectivity index (χ2v) is 8.21. The third-order valence-electron chi connectivity index (χ3n) is 5.67. The Morgan fingerprint density at radius 2 is 1.92 bits per heavy atom. The highest BCUT2D eigenvalue weighted by molar-refractivity contribution is 6.32. The Bertz CT molecular complexity index is 730. The molecule has 2 aromatic rings. The molecular formula is C19H25ClN4. The van der Waals surface area contributed by atoms with Crippen molar-refractivity contribution in [2.24, 2.45) is 0 Å². The lowest BCUT2D eigenvalue weighted by Crippen LogP contribution is -2.45. The summed E-state index contributed by atoms with van der Waals surface area (Å²) in [4.78, 5) is 9.23. The smallest absolute Gasteiger partial charge is 0.0992 e. The van der Waals surface area contributed by atoms with Gasteiger partial charge in [-0.1, -0.05) is 25.4 Å². The summed E-state index contributed by atoms with van der Waals surface area (Å²) in [5, 5.41) is 0.804. The van der Waals surface area contributed by atoms with Crippen LogP contribution in [0.15, 0.2) is 30.9 Å². The number of fused-ring (bicyclic) bond motifs is 1. The van der Waals surface area contributed by atoms with E-state index < -0.39 is 0 Å². The number of halogens is 1. The van der Waals surface area contributed by atoms with Gasteiger partial charge >= 0.3 is 0 Å². The van der Waals surface area contributed by atoms with E-state index in [-0.39, 0.29) is 5.41 Å². The van der Waals surface area contributed by atoms with Crippen LogP contribution in [0.2, 0.25) is 5.02 Å². The molecule has 1 aromatic heterocycles. The van der Waals surface area contributed by atoms with Crippen LogP contribution in [0.1, 0.15) is 37.4 Å². The van der Waals surface area contributed by atoms with Gasteiger partial charge < -0.3 is 9.47 Å². The first-order chi connectivity index (χ1) is 11.5. The summed E-state index contributed by atoms with van der Waals surface area (Å²) >= 11 is 6.61. The molecule has 0 spiro atoms. The van der Waals surface area contributed by atoms with Crippen LogP contribution in [-0.2, 0) is 5.41 Å². The monoisotopic (exact) mass is 344 g/mol. The van der Waals surface area contributed by atoms with Crippen molar-refractivity contribution in [1.29, 1.82) is 0 Å². The van der Waals surface area contributed by atoms with Gasteiger partial charge in [0.15, 0.2) is 0 Å². The molecule has 1 aliphatic heterocycles. The van der Waals surface area contributed by atoms with Gasteiger partial charge in [-0.3, -0.25) is 4.90 Å². The topological polar surface area (TPSA) is 24.3 Å². The molecule has 0 bridgehead atoms. The first kappa shape index (κ1) is 16.1. The Hall–Kier alpha value is -1.36. The number of hydrogen-bond donors (Lipinski definition) is 0. The highest BCUT2D eigenvalue weighted by Gasteiger charge is 2.40. The van der Waals surface area contributed by atoms with Gasteiger partial charge in [-0.15, -0.1) is 0 Å². The zero-order valence-electron chi connectivity index (χ0n) is 14.7. The van der Waals surface area contributed by atoms with E-state index in [9.17, 15) is 0 Å². The first-order valence-corrected chi connectivity index (χ1v) is 9.08. The van der Waals surface area contributed by atoms with Gasteiger partial charge in [-0.25, -0.2) is 4.98 Å². The maximum absolute atomic E-state index is 6.61. The van der Waals surface area contributed by atoms with E-state index in [0.29, 0.717) is 6.04 Å². The fraction of sp³-hybridized carbons (Fsp3) is 0.526. The minimum absolute atomic E-state index is 0.167. The van der Waals surface area contributed by atoms with Gasteiger partial charge in [-0.2, -0.15) is 0 Å². The molecule has 2 aliphatic rings. The number of benzene rings is 1. The minimum atomic E-state index is 0.167. The zero-order valence-corrected chi connectivity index (χ0v) is 15.4. The predicted molar refractivity (Wildman–Crippen MR) is 98.0 cm³/mol. The van der Waals surface area contributed by atoms with Crippen LogP contribution >= 0.6 is 11.6 Å². The minimum Gasteiger partial charge on any atom is -0.305 e. The second-order valence-electron chi connectivity index (χ2n) is 7.80. The van der Waals surface area contributed by atoms with E-state index in [2.05, 4.69) is 47.8 Å². The zero-order chi connectivity index (χ0) is 16.9. The number of piperazine rings is 1. The van der Waals surface area contributed by atoms with Crippen LogP contribution in [-0.4, -0.2) is 52.6 Å². The van der Waals surface area contributed by atoms with Crippen LogP contribution in [0.4, 0.5) is 0 Å². The van der Waals surface area contributed by atoms with E-state index >= 15 is 0 Å². The van der Waals surface area contributed by atoms with Crippen LogP contribution in [0.5, 0.6) is 0 Å². The number of hydrogen-bond acceptors (Lipinski definition) is 3. The standard InChI is InChI=1S/C19H25ClN4/c1-19(2)12-18(23-8-6-22(3)7-9-23)14-10-17(16(20)11-15(14)19)24-5-4-21-13-24/h4-5,10-11,13,18H,6-9,12H2,1-3H3. The van der Waals surface area contributed by atoms with Crippen molar-refractivity contribution in [3.05, 3.63) is 47.0 Å². The largest absolute Gasteiger partial charge is 0.305 e. The molecule has 0 N–H and O–H groups in total. The fourth-order valence-corrected chi connectivity index (χ4v) is 4.46. The van der Waals surface area contributed by atoms with Crippen LogP contribution in [0.25, 0.3) is 5.69 Å². The van der Waals surface area contributed by atoms with Crippen molar-refractivity contribution < 1.29 is 0 Å². The highest BCUT2D eigenvalue weighted by Crippen LogP contribution is 2.49. The third-order valence-corrected chi connectivity index (χ3v) is 5.97. The number of rotatable bonds is 2. The average Bonchev–Trinajstić information content (AvgIpc) is 3.15. The summed E-state index contributed by atoms with van der Waals surface area (Å²) in [6.07, 6.45) is 6.73. The number of likely N-dealkylation sites (N-methyl/N-ethyl adjacent to an activating group) is 1. The maximum atomic E-state index is 6.61. The molecule has 2 heterocycles. The van der Waals surface area contributed by atoms with Crippen molar-refractivity contribution in [2.75, 3.05) is 33.2 Å². The lowest BCUT2D eigenvalue weighted by molar-refractivity contribution is 0.105. The Labute approximate surface area is 149 Å². The molecule has 0 saturated carbocycles. The highest BCUT2D eigenvalue weighted by atomic mass is 35.5. The number of aromatic nitrogens is 2. The van der Waals surface area contributed by atoms with Crippen molar-refractivity contribution in [2.45, 2.75) is 31.7 Å². The van der Waals surface area contributed by atoms with Gasteiger partial charge in [0, 0.05) is 44.6 Å². The molecule has 4 nitrogen and oxygen atoms in total. The SMILES string of the molecule is CN1CCN(C2CC(C)(C)c3cc(Cl)c(-n4ccnc4)cc32)CC1. The van der Waals surface area contributed by atoms with Crippen molar-refractivity contribution in [3.8, 4) is 5.69 Å². The molecule has 1 atom stereocenters. The Kier molecular flexibility index (Phi) is 3.94. The lowest BCUT2D eigenvalue weighted by atomic mass is 9.86. The van der Waals surface area contributed by atoms with Crippen molar-refractivity contribution >= 4 is 11.6 Å². The molecule has 1 unspecified atom stereocenters. The van der Waals surface area contributed by atoms with Crippen LogP contribution in [0, 0.1) is 0 Å². The summed E-state index contributed by atoms with van der Waals surface area (Å²) in [6, 6.07) is 4.96. The van der Waals surface area contributed by atoms with E-state index in [4.69, 9.17) is 11.6 Å². The Balaban J connectivity index is 1.76. The molecule has 128 valence electrons. The molecule has 1 aromatic carbocycles. The molecule has 0 radical (unpaired) electrons. The summed E-state index contributed by atoms with van der Waals surface area (Å²) in [5.74, 6) is 0. The second kappa shape index (κ2) is 5.87. The molecule has 1 aliphatic carbocycles. The van der Waals surface area contributed by atoms with Gasteiger partial charge in [0.2, 0.25) is 0 Å². The van der Waals surface area contributed by atoms with Gasteiger partial charge in [0.1, 0.15) is 0 Å². The molecule has 1 fully saturated rings. The normalized spacial score (nSPS) is 24.2. The van der Waals surface area contributed by atoms with E-state index in [0.717, 1.165) is 43.3 Å². The van der Waals surface area contributed by atoms with Crippen LogP contribution in [0.3, 0.4) is 0 Å². The first-order valence-electron chi connectivity index (χ1n) is 8.70. The van der Waals surface area contributed by atoms with Crippen LogP contribution < -0.4 is 0 Å².